The molecule has 5 N–H and O–H groups in total. The largest absolute Gasteiger partial charge is 0.442 e. The van der Waals surface area contributed by atoms with Gasteiger partial charge in [-0.3, -0.25) is 9.69 Å². The number of halogens is 2. The maximum absolute atomic E-state index is 14.9. The lowest BCUT2D eigenvalue weighted by Gasteiger charge is -2.15. The lowest BCUT2D eigenvalue weighted by molar-refractivity contribution is -0.119. The Kier molecular flexibility index (Phi) is 7.24. The van der Waals surface area contributed by atoms with E-state index in [9.17, 15) is 18.4 Å². The fourth-order valence-electron chi connectivity index (χ4n) is 3.75. The van der Waals surface area contributed by atoms with E-state index in [2.05, 4.69) is 27.0 Å². The van der Waals surface area contributed by atoms with Crippen molar-refractivity contribution in [3.8, 4) is 11.1 Å². The van der Waals surface area contributed by atoms with Crippen LogP contribution in [0.25, 0.3) is 11.1 Å². The quantitative estimate of drug-likeness (QED) is 0.354. The Labute approximate surface area is 195 Å². The van der Waals surface area contributed by atoms with E-state index in [1.54, 1.807) is 12.1 Å². The lowest BCUT2D eigenvalue weighted by Crippen LogP contribution is -2.34. The molecule has 0 aliphatic carbocycles. The van der Waals surface area contributed by atoms with Crippen LogP contribution in [0.4, 0.5) is 19.3 Å². The number of rotatable bonds is 9. The summed E-state index contributed by atoms with van der Waals surface area (Å²) in [7, 11) is 0. The van der Waals surface area contributed by atoms with Crippen molar-refractivity contribution in [1.29, 1.82) is 0 Å². The second kappa shape index (κ2) is 10.5. The number of ether oxygens (including phenoxy) is 1. The number of hydrogen-bond donors (Lipinski definition) is 5. The molecule has 1 fully saturated rings. The molecule has 2 amide bonds. The summed E-state index contributed by atoms with van der Waals surface area (Å²) in [6, 6.07) is 9.27. The highest BCUT2D eigenvalue weighted by molar-refractivity contribution is 5.90. The van der Waals surface area contributed by atoms with Crippen molar-refractivity contribution in [3.63, 3.8) is 0 Å². The van der Waals surface area contributed by atoms with Gasteiger partial charge in [0.15, 0.2) is 0 Å². The maximum atomic E-state index is 14.9. The number of nitrogens with one attached hydrogen (secondary N) is 5. The van der Waals surface area contributed by atoms with Crippen LogP contribution in [0, 0.1) is 11.6 Å². The standard InChI is InChI=1S/C23H26F2N6O3/c1-14(32)27-12-19-13-31(23(33)34-19)18-8-20(24)22(21(25)9-18)16-4-2-15(3-5-16)6-7-26-10-17-11-28-30-29-17/h2-5,8-9,11,19,26,28-30H,6-7,10,12-13H2,1H3,(H,27,32)/t19-/m0/s1. The van der Waals surface area contributed by atoms with Gasteiger partial charge in [-0.2, -0.15) is 5.53 Å². The van der Waals surface area contributed by atoms with Gasteiger partial charge in [0.25, 0.3) is 0 Å². The first-order valence-electron chi connectivity index (χ1n) is 10.9. The van der Waals surface area contributed by atoms with Crippen LogP contribution in [-0.2, 0) is 16.0 Å². The average Bonchev–Trinajstić information content (AvgIpc) is 3.45. The van der Waals surface area contributed by atoms with Gasteiger partial charge >= 0.3 is 6.09 Å². The van der Waals surface area contributed by atoms with Crippen LogP contribution in [-0.4, -0.2) is 44.3 Å². The molecule has 1 saturated heterocycles. The van der Waals surface area contributed by atoms with Crippen LogP contribution in [0.2, 0.25) is 0 Å². The van der Waals surface area contributed by atoms with Gasteiger partial charge in [0, 0.05) is 19.7 Å². The number of carbonyl (C=O) groups is 2. The number of nitrogens with zero attached hydrogens (tertiary/aromatic N) is 1. The van der Waals surface area contributed by atoms with Gasteiger partial charge in [0.2, 0.25) is 5.91 Å². The Morgan fingerprint density at radius 1 is 1.21 bits per heavy atom. The van der Waals surface area contributed by atoms with Crippen LogP contribution in [0.5, 0.6) is 0 Å². The molecule has 2 aromatic carbocycles. The third kappa shape index (κ3) is 5.61. The molecule has 4 rings (SSSR count). The Hall–Kier alpha value is -3.70. The molecule has 0 saturated carbocycles. The van der Waals surface area contributed by atoms with E-state index in [0.29, 0.717) is 12.1 Å². The number of hydrogen-bond acceptors (Lipinski definition) is 7. The predicted octanol–water partition coefficient (Wildman–Crippen LogP) is 1.68. The van der Waals surface area contributed by atoms with E-state index >= 15 is 0 Å². The second-order valence-corrected chi connectivity index (χ2v) is 8.03. The SMILES string of the molecule is CC(=O)NC[C@H]1CN(c2cc(F)c(-c3ccc(CCNCC4=CNNN4)cc3)c(F)c2)C(=O)O1. The average molecular weight is 472 g/mol. The monoisotopic (exact) mass is 472 g/mol. The van der Waals surface area contributed by atoms with E-state index in [4.69, 9.17) is 4.74 Å². The van der Waals surface area contributed by atoms with Crippen LogP contribution in [0.3, 0.4) is 0 Å². The molecule has 2 aromatic rings. The number of amides is 2. The number of benzene rings is 2. The summed E-state index contributed by atoms with van der Waals surface area (Å²) in [4.78, 5) is 24.4. The summed E-state index contributed by atoms with van der Waals surface area (Å²) in [6.07, 6.45) is 1.28. The van der Waals surface area contributed by atoms with Gasteiger partial charge < -0.3 is 26.2 Å². The third-order valence-electron chi connectivity index (χ3n) is 5.48. The van der Waals surface area contributed by atoms with Crippen molar-refractivity contribution >= 4 is 17.7 Å². The number of cyclic esters (lactones) is 1. The van der Waals surface area contributed by atoms with Crippen molar-refractivity contribution in [2.24, 2.45) is 0 Å². The number of carbonyl (C=O) groups excluding carboxylic acids is 2. The molecular formula is C23H26F2N6O3. The fourth-order valence-corrected chi connectivity index (χ4v) is 3.75. The van der Waals surface area contributed by atoms with Gasteiger partial charge in [-0.1, -0.05) is 24.3 Å². The van der Waals surface area contributed by atoms with Crippen molar-refractivity contribution < 1.29 is 23.1 Å². The molecule has 11 heteroatoms. The van der Waals surface area contributed by atoms with Crippen molar-refractivity contribution in [2.75, 3.05) is 31.1 Å². The summed E-state index contributed by atoms with van der Waals surface area (Å²) in [5, 5.41) is 5.86. The van der Waals surface area contributed by atoms with Gasteiger partial charge in [0.1, 0.15) is 17.7 Å². The highest BCUT2D eigenvalue weighted by atomic mass is 19.1. The molecule has 2 aliphatic heterocycles. The topological polar surface area (TPSA) is 107 Å². The Morgan fingerprint density at radius 2 is 1.94 bits per heavy atom. The maximum Gasteiger partial charge on any atom is 0.414 e. The zero-order chi connectivity index (χ0) is 24.1. The summed E-state index contributed by atoms with van der Waals surface area (Å²) >= 11 is 0. The van der Waals surface area contributed by atoms with E-state index in [1.165, 1.54) is 6.92 Å². The first-order chi connectivity index (χ1) is 16.4. The molecule has 0 spiro atoms. The van der Waals surface area contributed by atoms with Gasteiger partial charge in [-0.15, -0.1) is 0 Å². The summed E-state index contributed by atoms with van der Waals surface area (Å²) in [5.74, 6) is -1.81. The smallest absolute Gasteiger partial charge is 0.414 e. The third-order valence-corrected chi connectivity index (χ3v) is 5.48. The molecule has 1 atom stereocenters. The molecular weight excluding hydrogens is 446 g/mol. The first kappa shape index (κ1) is 23.5. The molecule has 0 aromatic heterocycles. The van der Waals surface area contributed by atoms with E-state index in [-0.39, 0.29) is 30.2 Å². The molecule has 2 heterocycles. The van der Waals surface area contributed by atoms with Crippen molar-refractivity contribution in [1.82, 2.24) is 27.0 Å². The molecule has 2 aliphatic rings. The molecule has 180 valence electrons. The molecule has 0 unspecified atom stereocenters. The zero-order valence-electron chi connectivity index (χ0n) is 18.6. The minimum Gasteiger partial charge on any atom is -0.442 e. The molecule has 0 radical (unpaired) electrons. The van der Waals surface area contributed by atoms with Crippen LogP contribution >= 0.6 is 0 Å². The number of hydrazine groups is 2. The minimum absolute atomic E-state index is 0.0639. The van der Waals surface area contributed by atoms with Gasteiger partial charge in [-0.25, -0.2) is 13.6 Å². The summed E-state index contributed by atoms with van der Waals surface area (Å²) in [6.45, 7) is 2.99. The van der Waals surface area contributed by atoms with E-state index in [0.717, 1.165) is 41.3 Å². The molecule has 0 bridgehead atoms. The Bertz CT molecular complexity index is 1070. The van der Waals surface area contributed by atoms with Crippen LogP contribution in [0.1, 0.15) is 12.5 Å². The van der Waals surface area contributed by atoms with Crippen molar-refractivity contribution in [2.45, 2.75) is 19.4 Å². The fraction of sp³-hybridized carbons (Fsp3) is 0.304. The normalized spacial score (nSPS) is 17.1. The zero-order valence-corrected chi connectivity index (χ0v) is 18.6. The molecule has 34 heavy (non-hydrogen) atoms. The highest BCUT2D eigenvalue weighted by Gasteiger charge is 2.33. The number of anilines is 1. The van der Waals surface area contributed by atoms with Gasteiger partial charge in [0.05, 0.1) is 30.0 Å². The highest BCUT2D eigenvalue weighted by Crippen LogP contribution is 2.32. The molecule has 9 nitrogen and oxygen atoms in total. The van der Waals surface area contributed by atoms with E-state index in [1.807, 2.05) is 18.3 Å². The predicted molar refractivity (Wildman–Crippen MR) is 122 cm³/mol. The Balaban J connectivity index is 1.38. The first-order valence-corrected chi connectivity index (χ1v) is 10.9. The van der Waals surface area contributed by atoms with Crippen molar-refractivity contribution in [3.05, 3.63) is 65.5 Å². The minimum atomic E-state index is -0.776. The summed E-state index contributed by atoms with van der Waals surface area (Å²) < 4.78 is 35.0. The second-order valence-electron chi connectivity index (χ2n) is 8.03. The van der Waals surface area contributed by atoms with Crippen LogP contribution < -0.4 is 31.9 Å². The summed E-state index contributed by atoms with van der Waals surface area (Å²) in [5.41, 5.74) is 10.9. The Morgan fingerprint density at radius 3 is 2.59 bits per heavy atom. The van der Waals surface area contributed by atoms with E-state index < -0.39 is 23.8 Å². The lowest BCUT2D eigenvalue weighted by atomic mass is 10.0. The van der Waals surface area contributed by atoms with Gasteiger partial charge in [-0.05, 0) is 36.2 Å². The van der Waals surface area contributed by atoms with Crippen LogP contribution in [0.15, 0.2) is 48.3 Å².